The van der Waals surface area contributed by atoms with Crippen LogP contribution in [0.5, 0.6) is 0 Å². The standard InChI is InChI=1S/C21H18F4N2O2S/c22-17-4-5-18-19(12-26-20(18)11-17)15-6-8-27(9-7-15)30(28,29)13-14-2-1-3-16(10-14)21(23,24)25/h1-6,10-12,26H,7-9,13H2. The number of hydrogen-bond acceptors (Lipinski definition) is 2. The fourth-order valence-electron chi connectivity index (χ4n) is 3.65. The lowest BCUT2D eigenvalue weighted by atomic mass is 10.00. The first-order valence-corrected chi connectivity index (χ1v) is 10.8. The summed E-state index contributed by atoms with van der Waals surface area (Å²) in [6.45, 7) is 0.353. The van der Waals surface area contributed by atoms with Crippen molar-refractivity contribution >= 4 is 26.5 Å². The highest BCUT2D eigenvalue weighted by molar-refractivity contribution is 7.88. The fraction of sp³-hybridized carbons (Fsp3) is 0.238. The monoisotopic (exact) mass is 438 g/mol. The van der Waals surface area contributed by atoms with Gasteiger partial charge in [0.15, 0.2) is 0 Å². The van der Waals surface area contributed by atoms with Crippen LogP contribution in [0.3, 0.4) is 0 Å². The molecule has 0 fully saturated rings. The molecule has 0 atom stereocenters. The Morgan fingerprint density at radius 3 is 2.60 bits per heavy atom. The minimum atomic E-state index is -4.52. The second kappa shape index (κ2) is 7.55. The Labute approximate surface area is 170 Å². The Kier molecular flexibility index (Phi) is 5.19. The molecule has 1 aromatic heterocycles. The molecule has 3 aromatic rings. The van der Waals surface area contributed by atoms with E-state index in [1.54, 1.807) is 18.3 Å². The molecule has 0 bridgehead atoms. The minimum Gasteiger partial charge on any atom is -0.360 e. The van der Waals surface area contributed by atoms with Crippen molar-refractivity contribution in [3.63, 3.8) is 0 Å². The van der Waals surface area contributed by atoms with E-state index < -0.39 is 27.5 Å². The summed E-state index contributed by atoms with van der Waals surface area (Å²) in [6, 6.07) is 8.81. The van der Waals surface area contributed by atoms with Crippen molar-refractivity contribution in [2.24, 2.45) is 0 Å². The lowest BCUT2D eigenvalue weighted by Crippen LogP contribution is -2.35. The van der Waals surface area contributed by atoms with Crippen LogP contribution in [-0.2, 0) is 22.0 Å². The van der Waals surface area contributed by atoms with Crippen LogP contribution in [0.4, 0.5) is 17.6 Å². The minimum absolute atomic E-state index is 0.0956. The van der Waals surface area contributed by atoms with Gasteiger partial charge in [-0.2, -0.15) is 17.5 Å². The van der Waals surface area contributed by atoms with E-state index in [-0.39, 0.29) is 24.5 Å². The molecule has 0 spiro atoms. The van der Waals surface area contributed by atoms with E-state index in [2.05, 4.69) is 4.98 Å². The van der Waals surface area contributed by atoms with Gasteiger partial charge >= 0.3 is 6.18 Å². The van der Waals surface area contributed by atoms with Gasteiger partial charge in [-0.1, -0.05) is 24.3 Å². The number of rotatable bonds is 4. The zero-order valence-electron chi connectivity index (χ0n) is 15.7. The number of alkyl halides is 3. The molecule has 0 aliphatic carbocycles. The van der Waals surface area contributed by atoms with E-state index >= 15 is 0 Å². The predicted molar refractivity (Wildman–Crippen MR) is 106 cm³/mol. The van der Waals surface area contributed by atoms with Crippen LogP contribution < -0.4 is 0 Å². The van der Waals surface area contributed by atoms with Crippen LogP contribution in [0.15, 0.2) is 54.7 Å². The first kappa shape index (κ1) is 20.6. The molecule has 0 radical (unpaired) electrons. The highest BCUT2D eigenvalue weighted by Gasteiger charge is 2.31. The van der Waals surface area contributed by atoms with Crippen molar-refractivity contribution in [1.82, 2.24) is 9.29 Å². The summed E-state index contributed by atoms with van der Waals surface area (Å²) in [7, 11) is -3.77. The number of sulfonamides is 1. The van der Waals surface area contributed by atoms with Crippen LogP contribution in [0.25, 0.3) is 16.5 Å². The number of benzene rings is 2. The van der Waals surface area contributed by atoms with Gasteiger partial charge in [0.1, 0.15) is 5.82 Å². The van der Waals surface area contributed by atoms with E-state index in [4.69, 9.17) is 0 Å². The van der Waals surface area contributed by atoms with E-state index in [9.17, 15) is 26.0 Å². The first-order chi connectivity index (χ1) is 14.1. The van der Waals surface area contributed by atoms with Gasteiger partial charge in [0.2, 0.25) is 10.0 Å². The lowest BCUT2D eigenvalue weighted by Gasteiger charge is -2.26. The van der Waals surface area contributed by atoms with Crippen molar-refractivity contribution in [3.05, 3.63) is 77.2 Å². The van der Waals surface area contributed by atoms with Crippen molar-refractivity contribution in [2.75, 3.05) is 13.1 Å². The Morgan fingerprint density at radius 2 is 1.90 bits per heavy atom. The molecule has 0 saturated carbocycles. The van der Waals surface area contributed by atoms with Crippen LogP contribution in [0.1, 0.15) is 23.1 Å². The number of aromatic amines is 1. The number of nitrogens with one attached hydrogen (secondary N) is 1. The Bertz CT molecular complexity index is 1230. The average molecular weight is 438 g/mol. The van der Waals surface area contributed by atoms with Crippen LogP contribution in [-0.4, -0.2) is 30.8 Å². The number of H-pyrrole nitrogens is 1. The third-order valence-corrected chi connectivity index (χ3v) is 6.97. The van der Waals surface area contributed by atoms with Gasteiger partial charge in [-0.05, 0) is 41.8 Å². The first-order valence-electron chi connectivity index (χ1n) is 9.23. The molecule has 0 amide bonds. The third kappa shape index (κ3) is 4.13. The van der Waals surface area contributed by atoms with Gasteiger partial charge in [0, 0.05) is 35.8 Å². The molecule has 9 heteroatoms. The van der Waals surface area contributed by atoms with Gasteiger partial charge in [-0.3, -0.25) is 0 Å². The quantitative estimate of drug-likeness (QED) is 0.587. The highest BCUT2D eigenvalue weighted by atomic mass is 32.2. The van der Waals surface area contributed by atoms with Gasteiger partial charge in [-0.25, -0.2) is 12.8 Å². The number of nitrogens with zero attached hydrogens (tertiary/aromatic N) is 1. The van der Waals surface area contributed by atoms with E-state index in [1.807, 2.05) is 0 Å². The maximum atomic E-state index is 13.4. The lowest BCUT2D eigenvalue weighted by molar-refractivity contribution is -0.137. The molecule has 0 saturated heterocycles. The summed E-state index contributed by atoms with van der Waals surface area (Å²) in [5.41, 5.74) is 1.72. The second-order valence-electron chi connectivity index (χ2n) is 7.18. The summed E-state index contributed by atoms with van der Waals surface area (Å²) in [6.07, 6.45) is -0.515. The predicted octanol–water partition coefficient (Wildman–Crippen LogP) is 4.94. The Balaban J connectivity index is 1.52. The fourth-order valence-corrected chi connectivity index (χ4v) is 5.11. The number of aromatic nitrogens is 1. The normalized spacial score (nSPS) is 16.1. The molecule has 4 nitrogen and oxygen atoms in total. The van der Waals surface area contributed by atoms with Crippen LogP contribution in [0.2, 0.25) is 0 Å². The topological polar surface area (TPSA) is 53.2 Å². The van der Waals surface area contributed by atoms with Crippen LogP contribution in [0, 0.1) is 5.82 Å². The SMILES string of the molecule is O=S(=O)(Cc1cccc(C(F)(F)F)c1)N1CC=C(c2c[nH]c3cc(F)ccc23)CC1. The Morgan fingerprint density at radius 1 is 1.10 bits per heavy atom. The smallest absolute Gasteiger partial charge is 0.360 e. The van der Waals surface area contributed by atoms with Crippen molar-refractivity contribution in [1.29, 1.82) is 0 Å². The van der Waals surface area contributed by atoms with Crippen molar-refractivity contribution in [2.45, 2.75) is 18.3 Å². The zero-order valence-corrected chi connectivity index (χ0v) is 16.5. The van der Waals surface area contributed by atoms with Gasteiger partial charge in [0.05, 0.1) is 11.3 Å². The van der Waals surface area contributed by atoms with Crippen molar-refractivity contribution < 1.29 is 26.0 Å². The largest absolute Gasteiger partial charge is 0.416 e. The maximum Gasteiger partial charge on any atom is 0.416 e. The number of halogens is 4. The molecule has 2 heterocycles. The molecule has 1 aliphatic heterocycles. The molecule has 158 valence electrons. The van der Waals surface area contributed by atoms with E-state index in [1.165, 1.54) is 28.6 Å². The molecule has 1 aliphatic rings. The number of hydrogen-bond donors (Lipinski definition) is 1. The maximum absolute atomic E-state index is 13.4. The van der Waals surface area contributed by atoms with Crippen molar-refractivity contribution in [3.8, 4) is 0 Å². The Hall–Kier alpha value is -2.65. The molecular weight excluding hydrogens is 420 g/mol. The van der Waals surface area contributed by atoms with E-state index in [0.29, 0.717) is 11.9 Å². The summed E-state index contributed by atoms with van der Waals surface area (Å²) < 4.78 is 78.7. The van der Waals surface area contributed by atoms with Gasteiger partial charge < -0.3 is 4.98 Å². The highest BCUT2D eigenvalue weighted by Crippen LogP contribution is 2.32. The molecule has 2 aromatic carbocycles. The third-order valence-electron chi connectivity index (χ3n) is 5.16. The molecular formula is C21H18F4N2O2S. The molecule has 4 rings (SSSR count). The van der Waals surface area contributed by atoms with E-state index in [0.717, 1.165) is 28.7 Å². The molecule has 30 heavy (non-hydrogen) atoms. The summed E-state index contributed by atoms with van der Waals surface area (Å²) >= 11 is 0. The molecule has 0 unspecified atom stereocenters. The molecule has 1 N–H and O–H groups in total. The summed E-state index contributed by atoms with van der Waals surface area (Å²) in [4.78, 5) is 3.01. The summed E-state index contributed by atoms with van der Waals surface area (Å²) in [5.74, 6) is -0.840. The zero-order chi connectivity index (χ0) is 21.5. The van der Waals surface area contributed by atoms with Gasteiger partial charge in [-0.15, -0.1) is 0 Å². The average Bonchev–Trinajstić information content (AvgIpc) is 3.10. The van der Waals surface area contributed by atoms with Crippen LogP contribution >= 0.6 is 0 Å². The second-order valence-corrected chi connectivity index (χ2v) is 9.15. The van der Waals surface area contributed by atoms with Gasteiger partial charge in [0.25, 0.3) is 0 Å². The summed E-state index contributed by atoms with van der Waals surface area (Å²) in [5, 5.41) is 0.850. The number of fused-ring (bicyclic) bond motifs is 1.